The molecule has 0 aliphatic rings. The molecule has 0 bridgehead atoms. The van der Waals surface area contributed by atoms with Crippen molar-refractivity contribution in [2.75, 3.05) is 26.8 Å². The van der Waals surface area contributed by atoms with Crippen LogP contribution >= 0.6 is 11.3 Å². The number of aryl methyl sites for hydroxylation is 1. The molecule has 0 unspecified atom stereocenters. The quantitative estimate of drug-likeness (QED) is 0.734. The van der Waals surface area contributed by atoms with Gasteiger partial charge in [0.2, 0.25) is 0 Å². The van der Waals surface area contributed by atoms with Gasteiger partial charge in [-0.15, -0.1) is 11.3 Å². The van der Waals surface area contributed by atoms with E-state index in [2.05, 4.69) is 4.98 Å². The van der Waals surface area contributed by atoms with Gasteiger partial charge in [0.15, 0.2) is 0 Å². The molecule has 134 valence electrons. The van der Waals surface area contributed by atoms with Crippen molar-refractivity contribution in [3.63, 3.8) is 0 Å². The van der Waals surface area contributed by atoms with E-state index < -0.39 is 5.97 Å². The molecule has 1 aromatic carbocycles. The van der Waals surface area contributed by atoms with Crippen molar-refractivity contribution in [1.29, 1.82) is 0 Å². The summed E-state index contributed by atoms with van der Waals surface area (Å²) in [6.45, 7) is 2.31. The minimum absolute atomic E-state index is 0.199. The maximum absolute atomic E-state index is 12.6. The van der Waals surface area contributed by atoms with Gasteiger partial charge < -0.3 is 19.5 Å². The van der Waals surface area contributed by atoms with Gasteiger partial charge in [0, 0.05) is 24.6 Å². The average Bonchev–Trinajstić information content (AvgIpc) is 3.01. The topological polar surface area (TPSA) is 89.0 Å². The molecule has 0 aliphatic carbocycles. The number of rotatable bonds is 9. The van der Waals surface area contributed by atoms with Gasteiger partial charge in [0.25, 0.3) is 5.91 Å². The summed E-state index contributed by atoms with van der Waals surface area (Å²) < 4.78 is 10.6. The van der Waals surface area contributed by atoms with Crippen LogP contribution in [0.5, 0.6) is 5.75 Å². The number of ether oxygens (including phenoxy) is 2. The van der Waals surface area contributed by atoms with E-state index in [1.807, 2.05) is 12.3 Å². The number of carbonyl (C=O) groups is 2. The van der Waals surface area contributed by atoms with Gasteiger partial charge in [-0.05, 0) is 25.1 Å². The van der Waals surface area contributed by atoms with Crippen LogP contribution in [0.15, 0.2) is 29.6 Å². The van der Waals surface area contributed by atoms with Crippen LogP contribution in [0, 0.1) is 6.92 Å². The number of carbonyl (C=O) groups excluding carboxylic acids is 1. The summed E-state index contributed by atoms with van der Waals surface area (Å²) in [5, 5.41) is 11.9. The number of hydrogen-bond acceptors (Lipinski definition) is 6. The molecular formula is C17H20N2O5S. The zero-order valence-corrected chi connectivity index (χ0v) is 14.9. The fourth-order valence-corrected chi connectivity index (χ4v) is 2.75. The van der Waals surface area contributed by atoms with Crippen LogP contribution in [-0.4, -0.2) is 53.7 Å². The van der Waals surface area contributed by atoms with Crippen LogP contribution in [-0.2, 0) is 16.1 Å². The summed E-state index contributed by atoms with van der Waals surface area (Å²) in [6.07, 6.45) is 0. The van der Waals surface area contributed by atoms with Gasteiger partial charge in [-0.1, -0.05) is 6.07 Å². The Kier molecular flexibility index (Phi) is 6.91. The fourth-order valence-electron chi connectivity index (χ4n) is 2.15. The highest BCUT2D eigenvalue weighted by Gasteiger charge is 2.18. The molecule has 1 aromatic heterocycles. The lowest BCUT2D eigenvalue weighted by molar-refractivity contribution is -0.137. The van der Waals surface area contributed by atoms with E-state index >= 15 is 0 Å². The van der Waals surface area contributed by atoms with E-state index in [4.69, 9.17) is 14.6 Å². The van der Waals surface area contributed by atoms with Crippen LogP contribution in [0.4, 0.5) is 0 Å². The van der Waals surface area contributed by atoms with Crippen molar-refractivity contribution in [2.24, 2.45) is 0 Å². The zero-order valence-electron chi connectivity index (χ0n) is 14.1. The summed E-state index contributed by atoms with van der Waals surface area (Å²) in [6, 6.07) is 6.67. The molecule has 0 atom stereocenters. The number of carboxylic acid groups (broad SMARTS) is 1. The van der Waals surface area contributed by atoms with Gasteiger partial charge in [0.1, 0.15) is 18.9 Å². The molecule has 2 aromatic rings. The van der Waals surface area contributed by atoms with E-state index in [-0.39, 0.29) is 25.6 Å². The molecule has 0 saturated carbocycles. The Morgan fingerprint density at radius 3 is 2.80 bits per heavy atom. The van der Waals surface area contributed by atoms with Crippen molar-refractivity contribution < 1.29 is 24.2 Å². The van der Waals surface area contributed by atoms with Gasteiger partial charge in [-0.2, -0.15) is 0 Å². The van der Waals surface area contributed by atoms with E-state index in [0.29, 0.717) is 17.9 Å². The van der Waals surface area contributed by atoms with Crippen LogP contribution in [0.3, 0.4) is 0 Å². The molecule has 1 amide bonds. The van der Waals surface area contributed by atoms with Gasteiger partial charge in [-0.3, -0.25) is 9.59 Å². The second-order valence-electron chi connectivity index (χ2n) is 5.29. The molecule has 0 saturated heterocycles. The lowest BCUT2D eigenvalue weighted by Gasteiger charge is -2.20. The Morgan fingerprint density at radius 1 is 1.36 bits per heavy atom. The molecule has 7 nitrogen and oxygen atoms in total. The summed E-state index contributed by atoms with van der Waals surface area (Å²) in [5.74, 6) is -0.927. The van der Waals surface area contributed by atoms with Crippen molar-refractivity contribution in [1.82, 2.24) is 9.88 Å². The average molecular weight is 364 g/mol. The largest absolute Gasteiger partial charge is 0.487 e. The molecule has 0 fully saturated rings. The number of methoxy groups -OCH3 is 1. The first kappa shape index (κ1) is 18.9. The number of aliphatic carboxylic acids is 1. The Bertz CT molecular complexity index is 731. The SMILES string of the molecule is COCCN(CC(=O)O)C(=O)c1cccc(OCc2csc(C)n2)c1. The van der Waals surface area contributed by atoms with Crippen molar-refractivity contribution in [3.05, 3.63) is 45.9 Å². The second kappa shape index (κ2) is 9.14. The summed E-state index contributed by atoms with van der Waals surface area (Å²) in [4.78, 5) is 29.1. The number of hydrogen-bond donors (Lipinski definition) is 1. The Morgan fingerprint density at radius 2 is 2.16 bits per heavy atom. The molecule has 1 heterocycles. The number of benzene rings is 1. The number of nitrogens with zero attached hydrogens (tertiary/aromatic N) is 2. The van der Waals surface area contributed by atoms with Crippen molar-refractivity contribution in [3.8, 4) is 5.75 Å². The predicted octanol–water partition coefficient (Wildman–Crippen LogP) is 2.20. The van der Waals surface area contributed by atoms with Crippen molar-refractivity contribution in [2.45, 2.75) is 13.5 Å². The first-order valence-electron chi connectivity index (χ1n) is 7.63. The monoisotopic (exact) mass is 364 g/mol. The molecule has 2 rings (SSSR count). The first-order valence-corrected chi connectivity index (χ1v) is 8.51. The normalized spacial score (nSPS) is 10.5. The lowest BCUT2D eigenvalue weighted by atomic mass is 10.2. The van der Waals surface area contributed by atoms with Crippen LogP contribution in [0.2, 0.25) is 0 Å². The van der Waals surface area contributed by atoms with E-state index in [1.165, 1.54) is 12.0 Å². The zero-order chi connectivity index (χ0) is 18.2. The number of carboxylic acids is 1. The smallest absolute Gasteiger partial charge is 0.323 e. The van der Waals surface area contributed by atoms with Crippen LogP contribution < -0.4 is 4.74 Å². The minimum atomic E-state index is -1.07. The molecule has 0 aliphatic heterocycles. The number of thiazole rings is 1. The molecule has 25 heavy (non-hydrogen) atoms. The maximum Gasteiger partial charge on any atom is 0.323 e. The van der Waals surface area contributed by atoms with Crippen LogP contribution in [0.25, 0.3) is 0 Å². The lowest BCUT2D eigenvalue weighted by Crippen LogP contribution is -2.38. The molecule has 1 N–H and O–H groups in total. The fraction of sp³-hybridized carbons (Fsp3) is 0.353. The van der Waals surface area contributed by atoms with Crippen molar-refractivity contribution >= 4 is 23.2 Å². The predicted molar refractivity (Wildman–Crippen MR) is 93.0 cm³/mol. The highest BCUT2D eigenvalue weighted by Crippen LogP contribution is 2.17. The molecule has 0 radical (unpaired) electrons. The van der Waals surface area contributed by atoms with E-state index in [0.717, 1.165) is 10.7 Å². The molecule has 0 spiro atoms. The summed E-state index contributed by atoms with van der Waals surface area (Å²) in [7, 11) is 1.50. The van der Waals surface area contributed by atoms with E-state index in [9.17, 15) is 9.59 Å². The Hall–Kier alpha value is -2.45. The number of amides is 1. The summed E-state index contributed by atoms with van der Waals surface area (Å²) in [5.41, 5.74) is 1.19. The highest BCUT2D eigenvalue weighted by atomic mass is 32.1. The van der Waals surface area contributed by atoms with Crippen LogP contribution in [0.1, 0.15) is 21.1 Å². The van der Waals surface area contributed by atoms with Gasteiger partial charge in [0.05, 0.1) is 17.3 Å². The Labute approximate surface area is 149 Å². The third kappa shape index (κ3) is 5.84. The van der Waals surface area contributed by atoms with Gasteiger partial charge in [-0.25, -0.2) is 4.98 Å². The maximum atomic E-state index is 12.6. The highest BCUT2D eigenvalue weighted by molar-refractivity contribution is 7.09. The third-order valence-electron chi connectivity index (χ3n) is 3.31. The Balaban J connectivity index is 2.06. The minimum Gasteiger partial charge on any atom is -0.487 e. The third-order valence-corrected chi connectivity index (χ3v) is 4.14. The van der Waals surface area contributed by atoms with E-state index in [1.54, 1.807) is 35.6 Å². The summed E-state index contributed by atoms with van der Waals surface area (Å²) >= 11 is 1.55. The second-order valence-corrected chi connectivity index (χ2v) is 6.35. The standard InChI is InChI=1S/C17H20N2O5S/c1-12-18-14(11-25-12)10-24-15-5-3-4-13(8-15)17(22)19(6-7-23-2)9-16(20)21/h3-5,8,11H,6-7,9-10H2,1-2H3,(H,20,21). The molecular weight excluding hydrogens is 344 g/mol. The van der Waals surface area contributed by atoms with Gasteiger partial charge >= 0.3 is 5.97 Å². The first-order chi connectivity index (χ1) is 12.0. The molecule has 8 heteroatoms. The number of aromatic nitrogens is 1.